The fourth-order valence-electron chi connectivity index (χ4n) is 4.83. The van der Waals surface area contributed by atoms with Crippen LogP contribution in [0.25, 0.3) is 0 Å². The molecule has 0 aromatic heterocycles. The molecule has 0 spiro atoms. The molecular formula is C29H33FN2O5. The lowest BCUT2D eigenvalue weighted by molar-refractivity contribution is 0.0958. The van der Waals surface area contributed by atoms with Crippen LogP contribution in [0.4, 0.5) is 10.1 Å². The van der Waals surface area contributed by atoms with Gasteiger partial charge in [0.1, 0.15) is 11.6 Å². The molecule has 3 aromatic carbocycles. The van der Waals surface area contributed by atoms with Gasteiger partial charge in [0.25, 0.3) is 5.91 Å². The molecule has 0 N–H and O–H groups in total. The summed E-state index contributed by atoms with van der Waals surface area (Å²) >= 11 is 0. The molecule has 1 amide bonds. The number of piperidine rings is 1. The van der Waals surface area contributed by atoms with Gasteiger partial charge in [0.15, 0.2) is 11.5 Å². The zero-order valence-corrected chi connectivity index (χ0v) is 21.7. The van der Waals surface area contributed by atoms with Crippen molar-refractivity contribution in [1.29, 1.82) is 0 Å². The molecule has 0 radical (unpaired) electrons. The van der Waals surface area contributed by atoms with Crippen molar-refractivity contribution in [2.24, 2.45) is 0 Å². The molecule has 0 saturated carbocycles. The Balaban J connectivity index is 1.52. The van der Waals surface area contributed by atoms with E-state index >= 15 is 0 Å². The van der Waals surface area contributed by atoms with Gasteiger partial charge in [0.2, 0.25) is 5.75 Å². The molecule has 8 heteroatoms. The van der Waals surface area contributed by atoms with E-state index in [2.05, 4.69) is 4.90 Å². The fraction of sp³-hybridized carbons (Fsp3) is 0.345. The summed E-state index contributed by atoms with van der Waals surface area (Å²) in [5.41, 5.74) is 2.24. The summed E-state index contributed by atoms with van der Waals surface area (Å²) in [6, 6.07) is 17.0. The molecule has 196 valence electrons. The molecule has 1 heterocycles. The SMILES string of the molecule is COc1ccc(C(=O)N(c2ccc(F)cc2)C2CCN(Cc3ccc(OC)c(OC)c3OC)CC2)cc1. The maximum atomic E-state index is 13.7. The quantitative estimate of drug-likeness (QED) is 0.397. The fourth-order valence-corrected chi connectivity index (χ4v) is 4.83. The Morgan fingerprint density at radius 1 is 0.838 bits per heavy atom. The molecule has 0 bridgehead atoms. The van der Waals surface area contributed by atoms with E-state index in [0.717, 1.165) is 31.5 Å². The molecule has 0 unspecified atom stereocenters. The Bertz CT molecular complexity index is 1190. The second-order valence-electron chi connectivity index (χ2n) is 8.88. The van der Waals surface area contributed by atoms with E-state index in [9.17, 15) is 9.18 Å². The zero-order chi connectivity index (χ0) is 26.4. The van der Waals surface area contributed by atoms with Crippen molar-refractivity contribution in [3.05, 3.63) is 77.6 Å². The van der Waals surface area contributed by atoms with Gasteiger partial charge in [0.05, 0.1) is 28.4 Å². The van der Waals surface area contributed by atoms with Gasteiger partial charge in [-0.3, -0.25) is 9.69 Å². The molecule has 4 rings (SSSR count). The number of hydrogen-bond acceptors (Lipinski definition) is 6. The minimum absolute atomic E-state index is 0.0244. The van der Waals surface area contributed by atoms with Crippen molar-refractivity contribution < 1.29 is 28.1 Å². The standard InChI is InChI=1S/C29H33FN2O5/c1-34-25-12-5-20(6-13-25)29(33)32(23-10-8-22(30)9-11-23)24-15-17-31(18-16-24)19-21-7-14-26(35-2)28(37-4)27(21)36-3/h5-14,24H,15-19H2,1-4H3. The van der Waals surface area contributed by atoms with Gasteiger partial charge < -0.3 is 23.8 Å². The Hall–Kier alpha value is -3.78. The molecule has 1 fully saturated rings. The summed E-state index contributed by atoms with van der Waals surface area (Å²) in [5, 5.41) is 0. The molecular weight excluding hydrogens is 475 g/mol. The average Bonchev–Trinajstić information content (AvgIpc) is 2.94. The first-order valence-corrected chi connectivity index (χ1v) is 12.2. The van der Waals surface area contributed by atoms with Crippen molar-refractivity contribution in [3.8, 4) is 23.0 Å². The Kier molecular flexibility index (Phi) is 8.50. The van der Waals surface area contributed by atoms with E-state index in [1.807, 2.05) is 12.1 Å². The summed E-state index contributed by atoms with van der Waals surface area (Å²) < 4.78 is 35.5. The van der Waals surface area contributed by atoms with E-state index in [4.69, 9.17) is 18.9 Å². The number of anilines is 1. The smallest absolute Gasteiger partial charge is 0.258 e. The van der Waals surface area contributed by atoms with E-state index in [0.29, 0.717) is 40.8 Å². The Morgan fingerprint density at radius 3 is 2.05 bits per heavy atom. The van der Waals surface area contributed by atoms with Crippen LogP contribution >= 0.6 is 0 Å². The van der Waals surface area contributed by atoms with Crippen molar-refractivity contribution >= 4 is 11.6 Å². The monoisotopic (exact) mass is 508 g/mol. The van der Waals surface area contributed by atoms with Crippen LogP contribution < -0.4 is 23.8 Å². The lowest BCUT2D eigenvalue weighted by Gasteiger charge is -2.39. The number of amides is 1. The summed E-state index contributed by atoms with van der Waals surface area (Å²) in [4.78, 5) is 17.8. The van der Waals surface area contributed by atoms with Gasteiger partial charge in [-0.1, -0.05) is 6.07 Å². The first-order valence-electron chi connectivity index (χ1n) is 12.2. The normalized spacial score (nSPS) is 14.2. The van der Waals surface area contributed by atoms with Crippen molar-refractivity contribution in [2.75, 3.05) is 46.4 Å². The molecule has 0 atom stereocenters. The predicted molar refractivity (Wildman–Crippen MR) is 141 cm³/mol. The minimum atomic E-state index is -0.334. The third kappa shape index (κ3) is 5.80. The molecule has 37 heavy (non-hydrogen) atoms. The van der Waals surface area contributed by atoms with Gasteiger partial charge in [-0.25, -0.2) is 4.39 Å². The minimum Gasteiger partial charge on any atom is -0.497 e. The van der Waals surface area contributed by atoms with Crippen LogP contribution in [-0.2, 0) is 6.54 Å². The number of hydrogen-bond donors (Lipinski definition) is 0. The highest BCUT2D eigenvalue weighted by Crippen LogP contribution is 2.40. The highest BCUT2D eigenvalue weighted by molar-refractivity contribution is 6.06. The zero-order valence-electron chi connectivity index (χ0n) is 21.7. The van der Waals surface area contributed by atoms with Crippen LogP contribution in [0.5, 0.6) is 23.0 Å². The number of rotatable bonds is 9. The predicted octanol–water partition coefficient (Wildman–Crippen LogP) is 5.17. The molecule has 1 aliphatic rings. The van der Waals surface area contributed by atoms with Crippen LogP contribution in [0.15, 0.2) is 60.7 Å². The van der Waals surface area contributed by atoms with Crippen LogP contribution in [0.2, 0.25) is 0 Å². The van der Waals surface area contributed by atoms with Gasteiger partial charge >= 0.3 is 0 Å². The van der Waals surface area contributed by atoms with Gasteiger partial charge in [-0.05, 0) is 67.4 Å². The van der Waals surface area contributed by atoms with Crippen LogP contribution in [0, 0.1) is 5.82 Å². The number of methoxy groups -OCH3 is 4. The van der Waals surface area contributed by atoms with Gasteiger partial charge in [0, 0.05) is 42.5 Å². The number of carbonyl (C=O) groups is 1. The summed E-state index contributed by atoms with van der Waals surface area (Å²) in [5.74, 6) is 2.09. The maximum absolute atomic E-state index is 13.7. The van der Waals surface area contributed by atoms with Gasteiger partial charge in [-0.15, -0.1) is 0 Å². The molecule has 3 aromatic rings. The van der Waals surface area contributed by atoms with Crippen molar-refractivity contribution in [3.63, 3.8) is 0 Å². The highest BCUT2D eigenvalue weighted by Gasteiger charge is 2.30. The Labute approximate surface area is 217 Å². The van der Waals surface area contributed by atoms with Gasteiger partial charge in [-0.2, -0.15) is 0 Å². The lowest BCUT2D eigenvalue weighted by atomic mass is 10.00. The first-order chi connectivity index (χ1) is 18.0. The number of ether oxygens (including phenoxy) is 4. The number of benzene rings is 3. The van der Waals surface area contributed by atoms with E-state index in [1.54, 1.807) is 69.7 Å². The number of halogens is 1. The maximum Gasteiger partial charge on any atom is 0.258 e. The molecule has 0 aliphatic carbocycles. The summed E-state index contributed by atoms with van der Waals surface area (Å²) in [7, 11) is 6.41. The largest absolute Gasteiger partial charge is 0.497 e. The second kappa shape index (κ2) is 12.0. The van der Waals surface area contributed by atoms with Crippen LogP contribution in [-0.4, -0.2) is 58.4 Å². The topological polar surface area (TPSA) is 60.5 Å². The van der Waals surface area contributed by atoms with E-state index < -0.39 is 0 Å². The molecule has 7 nitrogen and oxygen atoms in total. The molecule has 1 aliphatic heterocycles. The first kappa shape index (κ1) is 26.3. The number of nitrogens with zero attached hydrogens (tertiary/aromatic N) is 2. The second-order valence-corrected chi connectivity index (χ2v) is 8.88. The number of carbonyl (C=O) groups excluding carboxylic acids is 1. The Morgan fingerprint density at radius 2 is 1.49 bits per heavy atom. The van der Waals surface area contributed by atoms with Crippen molar-refractivity contribution in [2.45, 2.75) is 25.4 Å². The van der Waals surface area contributed by atoms with E-state index in [1.165, 1.54) is 12.1 Å². The highest BCUT2D eigenvalue weighted by atomic mass is 19.1. The average molecular weight is 509 g/mol. The van der Waals surface area contributed by atoms with E-state index in [-0.39, 0.29) is 17.8 Å². The number of likely N-dealkylation sites (tertiary alicyclic amines) is 1. The summed E-state index contributed by atoms with van der Waals surface area (Å²) in [6.45, 7) is 2.25. The van der Waals surface area contributed by atoms with Crippen molar-refractivity contribution in [1.82, 2.24) is 4.90 Å². The summed E-state index contributed by atoms with van der Waals surface area (Å²) in [6.07, 6.45) is 1.55. The van der Waals surface area contributed by atoms with Crippen LogP contribution in [0.3, 0.4) is 0 Å². The third-order valence-electron chi connectivity index (χ3n) is 6.76. The van der Waals surface area contributed by atoms with Crippen LogP contribution in [0.1, 0.15) is 28.8 Å². The third-order valence-corrected chi connectivity index (χ3v) is 6.76. The lowest BCUT2D eigenvalue weighted by Crippen LogP contribution is -2.47. The molecule has 1 saturated heterocycles.